The van der Waals surface area contributed by atoms with Gasteiger partial charge in [0.25, 0.3) is 8.56 Å². The predicted octanol–water partition coefficient (Wildman–Crippen LogP) is 3.61. The first kappa shape index (κ1) is 19.8. The van der Waals surface area contributed by atoms with Crippen LogP contribution < -0.4 is 0 Å². The maximum absolute atomic E-state index is 6.28. The molecule has 0 bridgehead atoms. The molecule has 19 heavy (non-hydrogen) atoms. The summed E-state index contributed by atoms with van der Waals surface area (Å²) in [6, 6.07) is 0. The Balaban J connectivity index is 4.76. The van der Waals surface area contributed by atoms with Crippen molar-refractivity contribution >= 4 is 43.4 Å². The number of hydrogen-bond acceptors (Lipinski definition) is 3. The van der Waals surface area contributed by atoms with Crippen molar-refractivity contribution in [2.75, 3.05) is 0 Å². The standard InChI is InChI=1S/C10H30O4Si5/c1-15(2)11-17(5,6)13-19(9,10)14-18(7,8)12-16(3)4/h1-10H3. The third-order valence-electron chi connectivity index (χ3n) is 1.88. The van der Waals surface area contributed by atoms with Gasteiger partial charge >= 0.3 is 25.8 Å². The number of hydrogen-bond donors (Lipinski definition) is 0. The molecule has 9 heteroatoms. The van der Waals surface area contributed by atoms with Gasteiger partial charge in [-0.05, 0) is 26.2 Å². The summed E-state index contributed by atoms with van der Waals surface area (Å²) in [5, 5.41) is 0. The average molecular weight is 355 g/mol. The van der Waals surface area contributed by atoms with Gasteiger partial charge in [0.2, 0.25) is 0 Å². The molecule has 0 aromatic heterocycles. The summed E-state index contributed by atoms with van der Waals surface area (Å²) in [7, 11) is -7.84. The lowest BCUT2D eigenvalue weighted by molar-refractivity contribution is 0.225. The second-order valence-corrected chi connectivity index (χ2v) is 21.7. The molecule has 0 N–H and O–H groups in total. The molecule has 0 unspecified atom stereocenters. The normalized spacial score (nSPS) is 13.8. The van der Waals surface area contributed by atoms with Gasteiger partial charge in [-0.3, -0.25) is 0 Å². The van der Waals surface area contributed by atoms with Gasteiger partial charge in [0.05, 0.1) is 0 Å². The van der Waals surface area contributed by atoms with Gasteiger partial charge in [-0.2, -0.15) is 13.1 Å². The Hall–Kier alpha value is 0.764. The predicted molar refractivity (Wildman–Crippen MR) is 91.4 cm³/mol. The molecule has 0 aliphatic rings. The van der Waals surface area contributed by atoms with E-state index in [2.05, 4.69) is 65.5 Å². The summed E-state index contributed by atoms with van der Waals surface area (Å²) in [5.74, 6) is 0. The molecule has 114 valence electrons. The Kier molecular flexibility index (Phi) is 7.44. The van der Waals surface area contributed by atoms with E-state index < -0.39 is 43.4 Å². The van der Waals surface area contributed by atoms with Gasteiger partial charge in [0, 0.05) is 26.2 Å². The molecule has 0 spiro atoms. The van der Waals surface area contributed by atoms with Crippen LogP contribution in [0, 0.1) is 0 Å². The van der Waals surface area contributed by atoms with Crippen molar-refractivity contribution in [1.29, 1.82) is 0 Å². The Morgan fingerprint density at radius 3 is 1.68 bits per heavy atom. The van der Waals surface area contributed by atoms with Gasteiger partial charge in [0.1, 0.15) is 0 Å². The minimum atomic E-state index is -2.20. The summed E-state index contributed by atoms with van der Waals surface area (Å²) < 4.78 is 24.6. The van der Waals surface area contributed by atoms with Crippen molar-refractivity contribution in [2.45, 2.75) is 65.5 Å². The largest absolute Gasteiger partial charge is 0.631 e. The van der Waals surface area contributed by atoms with Gasteiger partial charge < -0.3 is 16.1 Å². The maximum Gasteiger partial charge on any atom is 0.631 e. The SMILES string of the molecule is C[Si](C)=[O+][Si](C)(C)O[Si](C)(C)O[Si](C)(C)O[Si-](C)C. The Morgan fingerprint density at radius 2 is 1.32 bits per heavy atom. The number of rotatable bonds is 7. The van der Waals surface area contributed by atoms with E-state index in [0.717, 1.165) is 0 Å². The van der Waals surface area contributed by atoms with Crippen LogP contribution in [-0.4, -0.2) is 43.4 Å². The molecule has 0 aromatic carbocycles. The summed E-state index contributed by atoms with van der Waals surface area (Å²) >= 11 is 0. The van der Waals surface area contributed by atoms with E-state index in [1.165, 1.54) is 0 Å². The van der Waals surface area contributed by atoms with Crippen molar-refractivity contribution < 1.29 is 16.1 Å². The molecule has 0 fully saturated rings. The summed E-state index contributed by atoms with van der Waals surface area (Å²) in [6.07, 6.45) is 0. The van der Waals surface area contributed by atoms with E-state index in [1.54, 1.807) is 0 Å². The fraction of sp³-hybridized carbons (Fsp3) is 1.00. The molecular weight excluding hydrogens is 325 g/mol. The minimum absolute atomic E-state index is 0.737. The van der Waals surface area contributed by atoms with Crippen LogP contribution in [0.4, 0.5) is 0 Å². The molecule has 0 atom stereocenters. The molecule has 0 amide bonds. The van der Waals surface area contributed by atoms with Gasteiger partial charge in [-0.1, -0.05) is 0 Å². The van der Waals surface area contributed by atoms with Crippen LogP contribution in [-0.2, 0) is 16.1 Å². The average Bonchev–Trinajstić information content (AvgIpc) is 1.89. The first-order chi connectivity index (χ1) is 8.25. The highest BCUT2D eigenvalue weighted by atomic mass is 28.5. The lowest BCUT2D eigenvalue weighted by atomic mass is 11.9. The van der Waals surface area contributed by atoms with Crippen molar-refractivity contribution in [3.63, 3.8) is 0 Å². The molecule has 0 aromatic rings. The van der Waals surface area contributed by atoms with Gasteiger partial charge in [0.15, 0.2) is 0 Å². The summed E-state index contributed by atoms with van der Waals surface area (Å²) in [6.45, 7) is 21.2. The van der Waals surface area contributed by atoms with Gasteiger partial charge in [-0.25, -0.2) is 0 Å². The third kappa shape index (κ3) is 10.2. The van der Waals surface area contributed by atoms with Gasteiger partial charge in [-0.15, -0.1) is 9.04 Å². The minimum Gasteiger partial charge on any atom is -0.610 e. The van der Waals surface area contributed by atoms with Crippen LogP contribution in [0.3, 0.4) is 0 Å². The van der Waals surface area contributed by atoms with Crippen LogP contribution in [0.25, 0.3) is 0 Å². The highest BCUT2D eigenvalue weighted by molar-refractivity contribution is 6.86. The van der Waals surface area contributed by atoms with Crippen LogP contribution in [0.5, 0.6) is 0 Å². The van der Waals surface area contributed by atoms with E-state index in [4.69, 9.17) is 16.1 Å². The molecule has 0 saturated carbocycles. The Morgan fingerprint density at radius 1 is 0.842 bits per heavy atom. The lowest BCUT2D eigenvalue weighted by Gasteiger charge is -2.40. The van der Waals surface area contributed by atoms with Crippen LogP contribution >= 0.6 is 0 Å². The topological polar surface area (TPSA) is 39.0 Å². The van der Waals surface area contributed by atoms with Crippen molar-refractivity contribution in [1.82, 2.24) is 0 Å². The van der Waals surface area contributed by atoms with E-state index in [0.29, 0.717) is 0 Å². The fourth-order valence-electron chi connectivity index (χ4n) is 2.23. The third-order valence-corrected chi connectivity index (χ3v) is 16.9. The monoisotopic (exact) mass is 354 g/mol. The van der Waals surface area contributed by atoms with E-state index in [1.807, 2.05) is 0 Å². The zero-order valence-corrected chi connectivity index (χ0v) is 19.1. The zero-order valence-electron chi connectivity index (χ0n) is 14.1. The maximum atomic E-state index is 6.28. The lowest BCUT2D eigenvalue weighted by Crippen LogP contribution is -2.54. The second kappa shape index (κ2) is 7.16. The molecule has 0 aliphatic carbocycles. The highest BCUT2D eigenvalue weighted by Gasteiger charge is 2.48. The molecule has 0 radical (unpaired) electrons. The van der Waals surface area contributed by atoms with Crippen molar-refractivity contribution in [2.24, 2.45) is 0 Å². The Labute approximate surface area is 125 Å². The van der Waals surface area contributed by atoms with E-state index >= 15 is 0 Å². The summed E-state index contributed by atoms with van der Waals surface area (Å²) in [4.78, 5) is 0. The van der Waals surface area contributed by atoms with Crippen LogP contribution in [0.15, 0.2) is 0 Å². The van der Waals surface area contributed by atoms with E-state index in [-0.39, 0.29) is 0 Å². The van der Waals surface area contributed by atoms with Crippen molar-refractivity contribution in [3.05, 3.63) is 0 Å². The first-order valence-corrected chi connectivity index (χ1v) is 19.9. The smallest absolute Gasteiger partial charge is 0.610 e. The second-order valence-electron chi connectivity index (χ2n) is 6.42. The fourth-order valence-corrected chi connectivity index (χ4v) is 21.2. The summed E-state index contributed by atoms with van der Waals surface area (Å²) in [5.41, 5.74) is 0. The Bertz CT molecular complexity index is 324. The molecule has 4 nitrogen and oxygen atoms in total. The quantitative estimate of drug-likeness (QED) is 0.518. The van der Waals surface area contributed by atoms with Crippen LogP contribution in [0.1, 0.15) is 0 Å². The highest BCUT2D eigenvalue weighted by Crippen LogP contribution is 2.21. The molecular formula is C10H30O4Si5. The zero-order chi connectivity index (χ0) is 15.5. The molecule has 0 rings (SSSR count). The first-order valence-electron chi connectivity index (χ1n) is 6.63. The van der Waals surface area contributed by atoms with Crippen LogP contribution in [0.2, 0.25) is 65.5 Å². The molecule has 0 aliphatic heterocycles. The van der Waals surface area contributed by atoms with Crippen molar-refractivity contribution in [3.8, 4) is 0 Å². The molecule has 0 saturated heterocycles. The molecule has 0 heterocycles. The van der Waals surface area contributed by atoms with E-state index in [9.17, 15) is 0 Å².